The van der Waals surface area contributed by atoms with Crippen LogP contribution in [-0.2, 0) is 4.79 Å². The van der Waals surface area contributed by atoms with Gasteiger partial charge in [0, 0.05) is 20.0 Å². The van der Waals surface area contributed by atoms with Crippen LogP contribution < -0.4 is 20.7 Å². The van der Waals surface area contributed by atoms with Crippen LogP contribution in [0.5, 0.6) is 5.75 Å². The molecular weight excluding hydrogens is 316 g/mol. The Morgan fingerprint density at radius 2 is 1.84 bits per heavy atom. The van der Waals surface area contributed by atoms with E-state index in [1.165, 1.54) is 6.92 Å². The fourth-order valence-corrected chi connectivity index (χ4v) is 2.12. The van der Waals surface area contributed by atoms with Crippen LogP contribution >= 0.6 is 0 Å². The second-order valence-electron chi connectivity index (χ2n) is 6.38. The number of nitrogens with one attached hydrogen (secondary N) is 3. The molecule has 0 heterocycles. The summed E-state index contributed by atoms with van der Waals surface area (Å²) in [6, 6.07) is 8.23. The van der Waals surface area contributed by atoms with Gasteiger partial charge in [-0.2, -0.15) is 0 Å². The summed E-state index contributed by atoms with van der Waals surface area (Å²) in [4.78, 5) is 15.4. The fourth-order valence-electron chi connectivity index (χ4n) is 2.12. The first kappa shape index (κ1) is 20.8. The molecule has 0 fully saturated rings. The van der Waals surface area contributed by atoms with Crippen LogP contribution in [0.25, 0.3) is 0 Å². The van der Waals surface area contributed by atoms with Gasteiger partial charge in [-0.05, 0) is 37.5 Å². The van der Waals surface area contributed by atoms with Crippen molar-refractivity contribution in [1.29, 1.82) is 0 Å². The number of rotatable bonds is 9. The Balaban J connectivity index is 2.58. The van der Waals surface area contributed by atoms with E-state index in [0.29, 0.717) is 19.0 Å². The van der Waals surface area contributed by atoms with E-state index in [2.05, 4.69) is 53.8 Å². The van der Waals surface area contributed by atoms with Gasteiger partial charge in [-0.1, -0.05) is 26.0 Å². The zero-order valence-electron chi connectivity index (χ0n) is 16.1. The molecule has 1 aromatic carbocycles. The topological polar surface area (TPSA) is 74.8 Å². The molecule has 1 aromatic rings. The van der Waals surface area contributed by atoms with Gasteiger partial charge >= 0.3 is 0 Å². The maximum atomic E-state index is 10.9. The third-order valence-electron chi connectivity index (χ3n) is 3.42. The van der Waals surface area contributed by atoms with Crippen molar-refractivity contribution in [1.82, 2.24) is 16.0 Å². The average Bonchev–Trinajstić information content (AvgIpc) is 2.57. The number of guanidine groups is 1. The second-order valence-corrected chi connectivity index (χ2v) is 6.38. The maximum absolute atomic E-state index is 10.9. The number of amides is 1. The predicted octanol–water partition coefficient (Wildman–Crippen LogP) is 2.47. The molecule has 0 spiro atoms. The summed E-state index contributed by atoms with van der Waals surface area (Å²) in [5.74, 6) is 2.10. The minimum atomic E-state index is -0.0405. The van der Waals surface area contributed by atoms with Crippen LogP contribution in [-0.4, -0.2) is 38.1 Å². The summed E-state index contributed by atoms with van der Waals surface area (Å²) in [7, 11) is 0. The van der Waals surface area contributed by atoms with Crippen LogP contribution in [0.1, 0.15) is 46.2 Å². The van der Waals surface area contributed by atoms with E-state index < -0.39 is 0 Å². The summed E-state index contributed by atoms with van der Waals surface area (Å²) >= 11 is 0. The molecule has 25 heavy (non-hydrogen) atoms. The monoisotopic (exact) mass is 348 g/mol. The molecule has 0 aliphatic heterocycles. The van der Waals surface area contributed by atoms with Crippen molar-refractivity contribution in [2.75, 3.05) is 26.2 Å². The minimum Gasteiger partial charge on any atom is -0.493 e. The Bertz CT molecular complexity index is 541. The number of ether oxygens (including phenoxy) is 1. The summed E-state index contributed by atoms with van der Waals surface area (Å²) in [5, 5.41) is 9.33. The Morgan fingerprint density at radius 3 is 2.40 bits per heavy atom. The molecule has 0 aromatic heterocycles. The highest BCUT2D eigenvalue weighted by Crippen LogP contribution is 2.18. The molecule has 6 heteroatoms. The van der Waals surface area contributed by atoms with Gasteiger partial charge in [0.15, 0.2) is 5.96 Å². The van der Waals surface area contributed by atoms with E-state index in [9.17, 15) is 4.79 Å². The van der Waals surface area contributed by atoms with Crippen molar-refractivity contribution in [2.24, 2.45) is 10.9 Å². The van der Waals surface area contributed by atoms with Gasteiger partial charge in [0.1, 0.15) is 5.75 Å². The quantitative estimate of drug-likeness (QED) is 0.364. The molecule has 1 atom stereocenters. The average molecular weight is 348 g/mol. The lowest BCUT2D eigenvalue weighted by Gasteiger charge is -2.18. The Labute approximate surface area is 151 Å². The van der Waals surface area contributed by atoms with Gasteiger partial charge in [0.2, 0.25) is 5.91 Å². The minimum absolute atomic E-state index is 0.0405. The number of hydrogen-bond acceptors (Lipinski definition) is 3. The van der Waals surface area contributed by atoms with Crippen LogP contribution in [0.4, 0.5) is 0 Å². The number of carbonyl (C=O) groups is 1. The van der Waals surface area contributed by atoms with Crippen LogP contribution in [0.15, 0.2) is 29.3 Å². The largest absolute Gasteiger partial charge is 0.493 e. The lowest BCUT2D eigenvalue weighted by atomic mass is 10.1. The van der Waals surface area contributed by atoms with Gasteiger partial charge in [0.25, 0.3) is 0 Å². The summed E-state index contributed by atoms with van der Waals surface area (Å²) in [5.41, 5.74) is 1.16. The van der Waals surface area contributed by atoms with Gasteiger partial charge < -0.3 is 20.7 Å². The van der Waals surface area contributed by atoms with Crippen molar-refractivity contribution in [3.8, 4) is 5.75 Å². The lowest BCUT2D eigenvalue weighted by molar-refractivity contribution is -0.118. The van der Waals surface area contributed by atoms with Crippen LogP contribution in [0.2, 0.25) is 0 Å². The first-order valence-electron chi connectivity index (χ1n) is 8.94. The van der Waals surface area contributed by atoms with Gasteiger partial charge in [-0.25, -0.2) is 0 Å². The van der Waals surface area contributed by atoms with Crippen molar-refractivity contribution in [2.45, 2.75) is 40.7 Å². The number of nitrogens with zero attached hydrogens (tertiary/aromatic N) is 1. The van der Waals surface area contributed by atoms with Crippen molar-refractivity contribution in [3.05, 3.63) is 29.8 Å². The van der Waals surface area contributed by atoms with E-state index in [-0.39, 0.29) is 11.9 Å². The molecule has 1 amide bonds. The molecule has 0 aliphatic rings. The van der Waals surface area contributed by atoms with Crippen molar-refractivity contribution in [3.63, 3.8) is 0 Å². The number of aliphatic imine (C=N–C) groups is 1. The molecular formula is C19H32N4O2. The molecule has 0 bridgehead atoms. The molecule has 0 saturated heterocycles. The SMILES string of the molecule is CCNC(=NCCNC(C)=O)NC(C)c1ccc(OCC(C)C)cc1. The van der Waals surface area contributed by atoms with Crippen molar-refractivity contribution >= 4 is 11.9 Å². The first-order valence-corrected chi connectivity index (χ1v) is 8.94. The highest BCUT2D eigenvalue weighted by molar-refractivity contribution is 5.80. The normalized spacial score (nSPS) is 12.6. The summed E-state index contributed by atoms with van der Waals surface area (Å²) < 4.78 is 5.72. The fraction of sp³-hybridized carbons (Fsp3) is 0.579. The Hall–Kier alpha value is -2.24. The first-order chi connectivity index (χ1) is 11.9. The van der Waals surface area contributed by atoms with Crippen LogP contribution in [0.3, 0.4) is 0 Å². The van der Waals surface area contributed by atoms with E-state index in [4.69, 9.17) is 4.74 Å². The number of hydrogen-bond donors (Lipinski definition) is 3. The summed E-state index contributed by atoms with van der Waals surface area (Å²) in [6.07, 6.45) is 0. The Kier molecular flexibility index (Phi) is 9.43. The summed E-state index contributed by atoms with van der Waals surface area (Å²) in [6.45, 7) is 12.4. The van der Waals surface area contributed by atoms with E-state index in [1.54, 1.807) is 0 Å². The molecule has 140 valence electrons. The third-order valence-corrected chi connectivity index (χ3v) is 3.42. The van der Waals surface area contributed by atoms with E-state index >= 15 is 0 Å². The number of carbonyl (C=O) groups excluding carboxylic acids is 1. The van der Waals surface area contributed by atoms with Gasteiger partial charge in [0.05, 0.1) is 19.2 Å². The zero-order chi connectivity index (χ0) is 18.7. The predicted molar refractivity (Wildman–Crippen MR) is 103 cm³/mol. The van der Waals surface area contributed by atoms with E-state index in [0.717, 1.165) is 30.4 Å². The third kappa shape index (κ3) is 8.98. The lowest BCUT2D eigenvalue weighted by Crippen LogP contribution is -2.39. The molecule has 1 unspecified atom stereocenters. The smallest absolute Gasteiger partial charge is 0.216 e. The molecule has 3 N–H and O–H groups in total. The van der Waals surface area contributed by atoms with Crippen molar-refractivity contribution < 1.29 is 9.53 Å². The van der Waals surface area contributed by atoms with Gasteiger partial charge in [-0.15, -0.1) is 0 Å². The number of benzene rings is 1. The van der Waals surface area contributed by atoms with Crippen LogP contribution in [0, 0.1) is 5.92 Å². The van der Waals surface area contributed by atoms with Gasteiger partial charge in [-0.3, -0.25) is 9.79 Å². The molecule has 0 aliphatic carbocycles. The zero-order valence-corrected chi connectivity index (χ0v) is 16.1. The molecule has 6 nitrogen and oxygen atoms in total. The Morgan fingerprint density at radius 1 is 1.16 bits per heavy atom. The maximum Gasteiger partial charge on any atom is 0.216 e. The second kappa shape index (κ2) is 11.3. The molecule has 0 radical (unpaired) electrons. The highest BCUT2D eigenvalue weighted by Gasteiger charge is 2.08. The van der Waals surface area contributed by atoms with E-state index in [1.807, 2.05) is 19.1 Å². The molecule has 0 saturated carbocycles. The molecule has 1 rings (SSSR count). The standard InChI is InChI=1S/C19H32N4O2/c1-6-20-19(22-12-11-21-16(5)24)23-15(4)17-7-9-18(10-8-17)25-13-14(2)3/h7-10,14-15H,6,11-13H2,1-5H3,(H,21,24)(H2,20,22,23). The highest BCUT2D eigenvalue weighted by atomic mass is 16.5.